The number of carbonyl (C=O) groups is 1. The highest BCUT2D eigenvalue weighted by molar-refractivity contribution is 8.13. The van der Waals surface area contributed by atoms with Crippen LogP contribution < -0.4 is 0 Å². The number of rotatable bonds is 1. The van der Waals surface area contributed by atoms with Crippen molar-refractivity contribution < 1.29 is 18.0 Å². The average Bonchev–Trinajstić information content (AvgIpc) is 2.23. The van der Waals surface area contributed by atoms with Crippen LogP contribution in [0.4, 0.5) is 13.2 Å². The first-order chi connectivity index (χ1) is 7.91. The summed E-state index contributed by atoms with van der Waals surface area (Å²) < 4.78 is 37.6. The van der Waals surface area contributed by atoms with E-state index in [-0.39, 0.29) is 16.6 Å². The molecule has 0 unspecified atom stereocenters. The molecular weight excluding hydrogens is 251 g/mol. The van der Waals surface area contributed by atoms with Crippen molar-refractivity contribution in [1.29, 1.82) is 0 Å². The van der Waals surface area contributed by atoms with Gasteiger partial charge in [0.25, 0.3) is 0 Å². The lowest BCUT2D eigenvalue weighted by Crippen LogP contribution is -2.08. The number of alkyl halides is 3. The number of hydrogen-bond donors (Lipinski definition) is 0. The van der Waals surface area contributed by atoms with E-state index in [2.05, 4.69) is 16.8 Å². The number of aromatic nitrogens is 1. The zero-order valence-corrected chi connectivity index (χ0v) is 9.65. The number of halogens is 3. The van der Waals surface area contributed by atoms with Gasteiger partial charge >= 0.3 is 6.18 Å². The van der Waals surface area contributed by atoms with E-state index in [1.807, 2.05) is 0 Å². The fourth-order valence-electron chi connectivity index (χ4n) is 0.991. The lowest BCUT2D eigenvalue weighted by atomic mass is 10.2. The van der Waals surface area contributed by atoms with Crippen molar-refractivity contribution in [3.05, 3.63) is 29.6 Å². The molecular formula is C11H8F3NOS. The molecule has 0 radical (unpaired) electrons. The molecule has 90 valence electrons. The Labute approximate surface area is 101 Å². The third-order valence-electron chi connectivity index (χ3n) is 1.67. The van der Waals surface area contributed by atoms with Crippen LogP contribution in [-0.4, -0.2) is 15.9 Å². The van der Waals surface area contributed by atoms with E-state index in [4.69, 9.17) is 0 Å². The van der Waals surface area contributed by atoms with Gasteiger partial charge in [0, 0.05) is 13.1 Å². The Morgan fingerprint density at radius 1 is 1.53 bits per heavy atom. The molecule has 1 aromatic heterocycles. The van der Waals surface area contributed by atoms with Gasteiger partial charge in [0.15, 0.2) is 5.12 Å². The molecule has 1 heterocycles. The van der Waals surface area contributed by atoms with Crippen LogP contribution in [0.15, 0.2) is 18.3 Å². The predicted octanol–water partition coefficient (Wildman–Crippen LogP) is 2.73. The Bertz CT molecular complexity index is 474. The van der Waals surface area contributed by atoms with Crippen molar-refractivity contribution in [1.82, 2.24) is 4.98 Å². The summed E-state index contributed by atoms with van der Waals surface area (Å²) in [5.74, 6) is 4.95. The summed E-state index contributed by atoms with van der Waals surface area (Å²) in [6, 6.07) is 2.13. The van der Waals surface area contributed by atoms with Gasteiger partial charge in [-0.05, 0) is 18.1 Å². The summed E-state index contributed by atoms with van der Waals surface area (Å²) in [5.41, 5.74) is -1.18. The molecule has 17 heavy (non-hydrogen) atoms. The maximum atomic E-state index is 12.5. The Kier molecular flexibility index (Phi) is 4.58. The fraction of sp³-hybridized carbons (Fsp3) is 0.273. The number of nitrogens with zero attached hydrogens (tertiary/aromatic N) is 1. The molecule has 0 bridgehead atoms. The van der Waals surface area contributed by atoms with Crippen LogP contribution in [-0.2, 0) is 11.0 Å². The second-order valence-electron chi connectivity index (χ2n) is 2.98. The third-order valence-corrected chi connectivity index (χ3v) is 2.36. The highest BCUT2D eigenvalue weighted by Gasteiger charge is 2.33. The summed E-state index contributed by atoms with van der Waals surface area (Å²) in [5, 5.41) is -0.128. The highest BCUT2D eigenvalue weighted by Crippen LogP contribution is 2.30. The van der Waals surface area contributed by atoms with Crippen LogP contribution in [0.1, 0.15) is 18.2 Å². The number of carbonyl (C=O) groups excluding carboxylic acids is 1. The summed E-state index contributed by atoms with van der Waals surface area (Å²) in [4.78, 5) is 14.2. The van der Waals surface area contributed by atoms with Gasteiger partial charge in [-0.3, -0.25) is 4.79 Å². The normalized spacial score (nSPS) is 10.6. The van der Waals surface area contributed by atoms with Gasteiger partial charge in [0.2, 0.25) is 0 Å². The molecule has 0 saturated heterocycles. The quantitative estimate of drug-likeness (QED) is 0.726. The van der Waals surface area contributed by atoms with E-state index in [1.165, 1.54) is 19.2 Å². The fourth-order valence-corrected chi connectivity index (χ4v) is 1.34. The van der Waals surface area contributed by atoms with E-state index in [1.54, 1.807) is 0 Å². The molecule has 0 aliphatic carbocycles. The van der Waals surface area contributed by atoms with Crippen LogP contribution in [0.2, 0.25) is 0 Å². The van der Waals surface area contributed by atoms with E-state index in [0.29, 0.717) is 0 Å². The average molecular weight is 259 g/mol. The maximum Gasteiger partial charge on any atom is 0.419 e. The molecule has 0 spiro atoms. The molecule has 1 rings (SSSR count). The van der Waals surface area contributed by atoms with Crippen LogP contribution >= 0.6 is 11.8 Å². The minimum absolute atomic E-state index is 0.128. The maximum absolute atomic E-state index is 12.5. The largest absolute Gasteiger partial charge is 0.419 e. The highest BCUT2D eigenvalue weighted by atomic mass is 32.2. The van der Waals surface area contributed by atoms with Crippen molar-refractivity contribution >= 4 is 16.9 Å². The number of pyridine rings is 1. The minimum Gasteiger partial charge on any atom is -0.288 e. The summed E-state index contributed by atoms with van der Waals surface area (Å²) in [7, 11) is 0. The van der Waals surface area contributed by atoms with Gasteiger partial charge in [-0.2, -0.15) is 13.2 Å². The van der Waals surface area contributed by atoms with Crippen molar-refractivity contribution in [2.75, 3.05) is 5.75 Å². The molecule has 0 N–H and O–H groups in total. The Morgan fingerprint density at radius 3 is 2.82 bits per heavy atom. The molecule has 1 aromatic rings. The minimum atomic E-state index is -4.47. The van der Waals surface area contributed by atoms with Gasteiger partial charge in [-0.25, -0.2) is 4.98 Å². The third kappa shape index (κ3) is 4.49. The van der Waals surface area contributed by atoms with Gasteiger partial charge in [-0.1, -0.05) is 17.7 Å². The predicted molar refractivity (Wildman–Crippen MR) is 59.3 cm³/mol. The Hall–Kier alpha value is -1.48. The van der Waals surface area contributed by atoms with E-state index in [0.717, 1.165) is 17.8 Å². The topological polar surface area (TPSA) is 30.0 Å². The first kappa shape index (κ1) is 13.6. The SMILES string of the molecule is CC(=O)SCC#Cc1ncccc1C(F)(F)F. The van der Waals surface area contributed by atoms with Gasteiger partial charge < -0.3 is 0 Å². The molecule has 0 aliphatic rings. The summed E-state index contributed by atoms with van der Waals surface area (Å²) in [6.07, 6.45) is -3.22. The Balaban J connectivity index is 2.88. The van der Waals surface area contributed by atoms with E-state index < -0.39 is 11.7 Å². The second-order valence-corrected chi connectivity index (χ2v) is 4.13. The molecule has 0 aliphatic heterocycles. The smallest absolute Gasteiger partial charge is 0.288 e. The standard InChI is InChI=1S/C11H8F3NOS/c1-8(16)17-7-3-5-10-9(11(12,13)14)4-2-6-15-10/h2,4,6H,7H2,1H3. The van der Waals surface area contributed by atoms with Crippen molar-refractivity contribution in [3.63, 3.8) is 0 Å². The van der Waals surface area contributed by atoms with Gasteiger partial charge in [-0.15, -0.1) is 0 Å². The van der Waals surface area contributed by atoms with Gasteiger partial charge in [0.1, 0.15) is 5.69 Å². The first-order valence-corrected chi connectivity index (χ1v) is 5.54. The van der Waals surface area contributed by atoms with Crippen LogP contribution in [0, 0.1) is 11.8 Å². The zero-order chi connectivity index (χ0) is 12.9. The summed E-state index contributed by atoms with van der Waals surface area (Å²) in [6.45, 7) is 1.37. The van der Waals surface area contributed by atoms with Crippen LogP contribution in [0.25, 0.3) is 0 Å². The molecule has 6 heteroatoms. The first-order valence-electron chi connectivity index (χ1n) is 4.55. The van der Waals surface area contributed by atoms with Gasteiger partial charge in [0.05, 0.1) is 11.3 Å². The molecule has 0 amide bonds. The Morgan fingerprint density at radius 2 is 2.24 bits per heavy atom. The van der Waals surface area contributed by atoms with Crippen molar-refractivity contribution in [2.45, 2.75) is 13.1 Å². The lowest BCUT2D eigenvalue weighted by molar-refractivity contribution is -0.138. The lowest BCUT2D eigenvalue weighted by Gasteiger charge is -2.07. The summed E-state index contributed by atoms with van der Waals surface area (Å²) >= 11 is 0.942. The van der Waals surface area contributed by atoms with Crippen molar-refractivity contribution in [2.24, 2.45) is 0 Å². The molecule has 2 nitrogen and oxygen atoms in total. The second kappa shape index (κ2) is 5.73. The number of thioether (sulfide) groups is 1. The van der Waals surface area contributed by atoms with E-state index >= 15 is 0 Å². The zero-order valence-electron chi connectivity index (χ0n) is 8.84. The molecule has 0 atom stereocenters. The van der Waals surface area contributed by atoms with Crippen LogP contribution in [0.5, 0.6) is 0 Å². The van der Waals surface area contributed by atoms with Crippen molar-refractivity contribution in [3.8, 4) is 11.8 Å². The number of hydrogen-bond acceptors (Lipinski definition) is 3. The van der Waals surface area contributed by atoms with Crippen LogP contribution in [0.3, 0.4) is 0 Å². The van der Waals surface area contributed by atoms with E-state index in [9.17, 15) is 18.0 Å². The molecule has 0 saturated carbocycles. The molecule has 0 fully saturated rings. The molecule has 0 aromatic carbocycles. The monoisotopic (exact) mass is 259 g/mol.